The first-order chi connectivity index (χ1) is 15.5. The molecule has 32 heavy (non-hydrogen) atoms. The summed E-state index contributed by atoms with van der Waals surface area (Å²) in [5.74, 6) is 0.545. The molecule has 1 aliphatic heterocycles. The van der Waals surface area contributed by atoms with E-state index >= 15 is 0 Å². The minimum atomic E-state index is -0.210. The Bertz CT molecular complexity index is 1090. The molecular formula is C25H23ClN2O3S. The van der Waals surface area contributed by atoms with Gasteiger partial charge in [-0.05, 0) is 54.1 Å². The lowest BCUT2D eigenvalue weighted by Gasteiger charge is -2.35. The normalized spacial score (nSPS) is 13.8. The molecule has 1 heterocycles. The maximum atomic E-state index is 12.9. The van der Waals surface area contributed by atoms with E-state index in [1.54, 1.807) is 39.8 Å². The van der Waals surface area contributed by atoms with Crippen molar-refractivity contribution in [3.63, 3.8) is 0 Å². The van der Waals surface area contributed by atoms with Gasteiger partial charge in [0.15, 0.2) is 0 Å². The molecule has 4 rings (SSSR count). The molecule has 1 N–H and O–H groups in total. The van der Waals surface area contributed by atoms with Gasteiger partial charge in [0, 0.05) is 47.4 Å². The third kappa shape index (κ3) is 5.26. The SMILES string of the molecule is O=C(c1ccc(CSc2ccc(Cl)cc2)cc1)N1CCN(C(=O)c2ccccc2O)CC1. The van der Waals surface area contributed by atoms with Crippen LogP contribution in [0.2, 0.25) is 5.02 Å². The minimum absolute atomic E-state index is 0.0229. The Kier molecular flexibility index (Phi) is 7.02. The Balaban J connectivity index is 1.30. The molecule has 0 aliphatic carbocycles. The molecule has 1 aliphatic rings. The molecule has 0 bridgehead atoms. The van der Waals surface area contributed by atoms with Crippen molar-refractivity contribution < 1.29 is 14.7 Å². The lowest BCUT2D eigenvalue weighted by molar-refractivity contribution is 0.0533. The summed E-state index contributed by atoms with van der Waals surface area (Å²) in [5, 5.41) is 10.6. The molecule has 164 valence electrons. The summed E-state index contributed by atoms with van der Waals surface area (Å²) in [6, 6.07) is 22.0. The first kappa shape index (κ1) is 22.2. The predicted molar refractivity (Wildman–Crippen MR) is 127 cm³/mol. The first-order valence-corrected chi connectivity index (χ1v) is 11.7. The summed E-state index contributed by atoms with van der Waals surface area (Å²) in [6.07, 6.45) is 0. The maximum Gasteiger partial charge on any atom is 0.257 e. The van der Waals surface area contributed by atoms with E-state index in [9.17, 15) is 14.7 Å². The van der Waals surface area contributed by atoms with Gasteiger partial charge in [0.1, 0.15) is 5.75 Å². The maximum absolute atomic E-state index is 12.9. The summed E-state index contributed by atoms with van der Waals surface area (Å²) >= 11 is 7.64. The lowest BCUT2D eigenvalue weighted by Crippen LogP contribution is -2.50. The number of carbonyl (C=O) groups is 2. The van der Waals surface area contributed by atoms with Crippen LogP contribution in [0.3, 0.4) is 0 Å². The Morgan fingerprint density at radius 3 is 2.03 bits per heavy atom. The number of amides is 2. The van der Waals surface area contributed by atoms with Crippen molar-refractivity contribution in [3.05, 3.63) is 94.5 Å². The third-order valence-electron chi connectivity index (χ3n) is 5.41. The van der Waals surface area contributed by atoms with Crippen LogP contribution in [0.4, 0.5) is 0 Å². The number of carbonyl (C=O) groups excluding carboxylic acids is 2. The van der Waals surface area contributed by atoms with E-state index in [-0.39, 0.29) is 17.6 Å². The second-order valence-corrected chi connectivity index (χ2v) is 9.03. The number of piperazine rings is 1. The number of nitrogens with zero attached hydrogens (tertiary/aromatic N) is 2. The predicted octanol–water partition coefficient (Wildman–Crippen LogP) is 4.94. The van der Waals surface area contributed by atoms with E-state index < -0.39 is 0 Å². The summed E-state index contributed by atoms with van der Waals surface area (Å²) < 4.78 is 0. The van der Waals surface area contributed by atoms with E-state index in [1.807, 2.05) is 48.5 Å². The zero-order chi connectivity index (χ0) is 22.5. The topological polar surface area (TPSA) is 60.9 Å². The highest BCUT2D eigenvalue weighted by Crippen LogP contribution is 2.25. The molecule has 0 radical (unpaired) electrons. The second kappa shape index (κ2) is 10.1. The smallest absolute Gasteiger partial charge is 0.257 e. The standard InChI is InChI=1S/C25H23ClN2O3S/c26-20-9-11-21(12-10-20)32-17-18-5-7-19(8-6-18)24(30)27-13-15-28(16-14-27)25(31)22-3-1-2-4-23(22)29/h1-12,29H,13-17H2. The second-order valence-electron chi connectivity index (χ2n) is 7.54. The number of hydrogen-bond donors (Lipinski definition) is 1. The molecule has 0 atom stereocenters. The Hall–Kier alpha value is -2.96. The van der Waals surface area contributed by atoms with Crippen LogP contribution in [0.1, 0.15) is 26.3 Å². The van der Waals surface area contributed by atoms with Crippen LogP contribution in [-0.2, 0) is 5.75 Å². The van der Waals surface area contributed by atoms with Crippen LogP contribution in [0, 0.1) is 0 Å². The van der Waals surface area contributed by atoms with Crippen LogP contribution >= 0.6 is 23.4 Å². The number of benzene rings is 3. The quantitative estimate of drug-likeness (QED) is 0.541. The molecule has 7 heteroatoms. The Morgan fingerprint density at radius 2 is 1.41 bits per heavy atom. The highest BCUT2D eigenvalue weighted by atomic mass is 35.5. The number of thioether (sulfide) groups is 1. The van der Waals surface area contributed by atoms with Gasteiger partial charge in [0.25, 0.3) is 11.8 Å². The number of hydrogen-bond acceptors (Lipinski definition) is 4. The Labute approximate surface area is 196 Å². The number of phenolic OH excluding ortho intramolecular Hbond substituents is 1. The van der Waals surface area contributed by atoms with Gasteiger partial charge < -0.3 is 14.9 Å². The van der Waals surface area contributed by atoms with Gasteiger partial charge in [-0.2, -0.15) is 0 Å². The monoisotopic (exact) mass is 466 g/mol. The number of rotatable bonds is 5. The summed E-state index contributed by atoms with van der Waals surface area (Å²) in [5.41, 5.74) is 2.07. The fourth-order valence-corrected chi connectivity index (χ4v) is 4.54. The zero-order valence-corrected chi connectivity index (χ0v) is 19.0. The minimum Gasteiger partial charge on any atom is -0.507 e. The first-order valence-electron chi connectivity index (χ1n) is 10.3. The third-order valence-corrected chi connectivity index (χ3v) is 6.74. The highest BCUT2D eigenvalue weighted by Gasteiger charge is 2.26. The van der Waals surface area contributed by atoms with E-state index in [2.05, 4.69) is 0 Å². The molecular weight excluding hydrogens is 444 g/mol. The van der Waals surface area contributed by atoms with Crippen molar-refractivity contribution in [2.75, 3.05) is 26.2 Å². The van der Waals surface area contributed by atoms with Crippen molar-refractivity contribution in [1.82, 2.24) is 9.80 Å². The van der Waals surface area contributed by atoms with Gasteiger partial charge >= 0.3 is 0 Å². The average molecular weight is 467 g/mol. The lowest BCUT2D eigenvalue weighted by atomic mass is 10.1. The van der Waals surface area contributed by atoms with Crippen molar-refractivity contribution in [1.29, 1.82) is 0 Å². The fourth-order valence-electron chi connectivity index (χ4n) is 3.56. The van der Waals surface area contributed by atoms with E-state index in [0.29, 0.717) is 37.3 Å². The summed E-state index contributed by atoms with van der Waals surface area (Å²) in [6.45, 7) is 1.81. The molecule has 5 nitrogen and oxygen atoms in total. The molecule has 0 aromatic heterocycles. The van der Waals surface area contributed by atoms with Gasteiger partial charge in [0.2, 0.25) is 0 Å². The van der Waals surface area contributed by atoms with Crippen molar-refractivity contribution in [3.8, 4) is 5.75 Å². The molecule has 0 saturated carbocycles. The molecule has 0 spiro atoms. The highest BCUT2D eigenvalue weighted by molar-refractivity contribution is 7.98. The van der Waals surface area contributed by atoms with Crippen LogP contribution in [0.25, 0.3) is 0 Å². The van der Waals surface area contributed by atoms with E-state index in [0.717, 1.165) is 21.2 Å². The molecule has 3 aromatic carbocycles. The van der Waals surface area contributed by atoms with Crippen LogP contribution in [0.15, 0.2) is 77.7 Å². The average Bonchev–Trinajstić information content (AvgIpc) is 2.83. The Morgan fingerprint density at radius 1 is 0.812 bits per heavy atom. The van der Waals surface area contributed by atoms with E-state index in [4.69, 9.17) is 11.6 Å². The van der Waals surface area contributed by atoms with Gasteiger partial charge in [-0.3, -0.25) is 9.59 Å². The number of para-hydroxylation sites is 1. The van der Waals surface area contributed by atoms with Crippen molar-refractivity contribution >= 4 is 35.2 Å². The molecule has 1 saturated heterocycles. The van der Waals surface area contributed by atoms with Gasteiger partial charge in [0.05, 0.1) is 5.56 Å². The van der Waals surface area contributed by atoms with Crippen LogP contribution in [0.5, 0.6) is 5.75 Å². The number of halogens is 1. The van der Waals surface area contributed by atoms with Gasteiger partial charge in [-0.1, -0.05) is 35.9 Å². The van der Waals surface area contributed by atoms with Gasteiger partial charge in [-0.15, -0.1) is 11.8 Å². The molecule has 0 unspecified atom stereocenters. The summed E-state index contributed by atoms with van der Waals surface area (Å²) in [4.78, 5) is 30.1. The summed E-state index contributed by atoms with van der Waals surface area (Å²) in [7, 11) is 0. The zero-order valence-electron chi connectivity index (χ0n) is 17.4. The fraction of sp³-hybridized carbons (Fsp3) is 0.200. The van der Waals surface area contributed by atoms with Crippen LogP contribution in [-0.4, -0.2) is 52.9 Å². The largest absolute Gasteiger partial charge is 0.507 e. The van der Waals surface area contributed by atoms with Gasteiger partial charge in [-0.25, -0.2) is 0 Å². The van der Waals surface area contributed by atoms with Crippen LogP contribution < -0.4 is 0 Å². The van der Waals surface area contributed by atoms with E-state index in [1.165, 1.54) is 6.07 Å². The molecule has 3 aromatic rings. The number of phenols is 1. The molecule has 2 amide bonds. The van der Waals surface area contributed by atoms with Crippen molar-refractivity contribution in [2.45, 2.75) is 10.6 Å². The van der Waals surface area contributed by atoms with Crippen molar-refractivity contribution in [2.24, 2.45) is 0 Å². The number of aromatic hydroxyl groups is 1. The molecule has 1 fully saturated rings.